The number of hydrogen-bond acceptors (Lipinski definition) is 8. The van der Waals surface area contributed by atoms with E-state index in [1.165, 1.54) is 0 Å². The number of likely N-dealkylation sites (tertiary alicyclic amines) is 1. The predicted molar refractivity (Wildman–Crippen MR) is 199 cm³/mol. The molecular formula is C40H53N7O4. The molecule has 4 heterocycles. The third kappa shape index (κ3) is 8.76. The van der Waals surface area contributed by atoms with Crippen molar-refractivity contribution in [3.8, 4) is 5.75 Å². The Labute approximate surface area is 301 Å². The van der Waals surface area contributed by atoms with Crippen LogP contribution in [-0.4, -0.2) is 69.1 Å². The molecule has 0 saturated carbocycles. The zero-order valence-corrected chi connectivity index (χ0v) is 31.2. The zero-order chi connectivity index (χ0) is 36.3. The predicted octanol–water partition coefficient (Wildman–Crippen LogP) is 7.57. The summed E-state index contributed by atoms with van der Waals surface area (Å²) in [6, 6.07) is 15.0. The van der Waals surface area contributed by atoms with Crippen LogP contribution in [0.3, 0.4) is 0 Å². The van der Waals surface area contributed by atoms with Crippen LogP contribution in [0.15, 0.2) is 54.7 Å². The fourth-order valence-corrected chi connectivity index (χ4v) is 7.05. The minimum Gasteiger partial charge on any atom is -0.484 e. The molecule has 3 aromatic heterocycles. The lowest BCUT2D eigenvalue weighted by molar-refractivity contribution is 0.0406. The van der Waals surface area contributed by atoms with Crippen molar-refractivity contribution in [3.05, 3.63) is 83.1 Å². The molecule has 272 valence electrons. The van der Waals surface area contributed by atoms with Crippen molar-refractivity contribution in [3.63, 3.8) is 0 Å². The highest BCUT2D eigenvalue weighted by molar-refractivity contribution is 5.97. The lowest BCUT2D eigenvalue weighted by Crippen LogP contribution is -2.37. The van der Waals surface area contributed by atoms with E-state index in [4.69, 9.17) is 14.5 Å². The molecule has 4 aromatic rings. The summed E-state index contributed by atoms with van der Waals surface area (Å²) in [5, 5.41) is 14.9. The summed E-state index contributed by atoms with van der Waals surface area (Å²) in [5.41, 5.74) is 4.08. The van der Waals surface area contributed by atoms with Crippen molar-refractivity contribution < 1.29 is 19.1 Å². The number of ether oxygens (including phenoxy) is 2. The number of pyridine rings is 2. The van der Waals surface area contributed by atoms with Crippen LogP contribution in [0.5, 0.6) is 5.75 Å². The van der Waals surface area contributed by atoms with Gasteiger partial charge in [0.1, 0.15) is 23.4 Å². The van der Waals surface area contributed by atoms with Gasteiger partial charge in [0.15, 0.2) is 11.4 Å². The number of nitrogens with zero attached hydrogens (tertiary/aromatic N) is 5. The molecule has 6 rings (SSSR count). The normalized spacial score (nSPS) is 18.7. The Hall–Kier alpha value is -4.35. The molecule has 2 amide bonds. The number of urea groups is 1. The number of carbonyl (C=O) groups is 2. The highest BCUT2D eigenvalue weighted by atomic mass is 16.5. The molecule has 11 nitrogen and oxygen atoms in total. The minimum absolute atomic E-state index is 0.0123. The van der Waals surface area contributed by atoms with Gasteiger partial charge in [-0.1, -0.05) is 65.8 Å². The molecule has 0 spiro atoms. The Balaban J connectivity index is 1.11. The number of aromatic nitrogens is 4. The molecule has 1 aromatic carbocycles. The highest BCUT2D eigenvalue weighted by Gasteiger charge is 2.30. The van der Waals surface area contributed by atoms with Crippen LogP contribution < -0.4 is 15.4 Å². The van der Waals surface area contributed by atoms with Gasteiger partial charge in [0.05, 0.1) is 18.3 Å². The number of anilines is 1. The molecule has 1 aliphatic carbocycles. The van der Waals surface area contributed by atoms with Crippen molar-refractivity contribution >= 4 is 23.1 Å². The van der Waals surface area contributed by atoms with Gasteiger partial charge in [0, 0.05) is 48.8 Å². The third-order valence-corrected chi connectivity index (χ3v) is 9.95. The Morgan fingerprint density at radius 3 is 2.35 bits per heavy atom. The van der Waals surface area contributed by atoms with Crippen molar-refractivity contribution in [1.29, 1.82) is 0 Å². The molecule has 2 atom stereocenters. The van der Waals surface area contributed by atoms with E-state index in [0.717, 1.165) is 79.4 Å². The number of fused-ring (bicyclic) bond motifs is 2. The van der Waals surface area contributed by atoms with Crippen molar-refractivity contribution in [2.75, 3.05) is 32.1 Å². The number of methoxy groups -OCH3 is 1. The number of amides is 2. The number of benzene rings is 1. The average molecular weight is 696 g/mol. The molecule has 0 unspecified atom stereocenters. The molecule has 1 aliphatic heterocycles. The summed E-state index contributed by atoms with van der Waals surface area (Å²) in [5.74, 6) is 1.60. The summed E-state index contributed by atoms with van der Waals surface area (Å²) in [6.45, 7) is 15.4. The second kappa shape index (κ2) is 15.1. The summed E-state index contributed by atoms with van der Waals surface area (Å²) >= 11 is 0. The van der Waals surface area contributed by atoms with E-state index in [0.29, 0.717) is 30.3 Å². The van der Waals surface area contributed by atoms with E-state index < -0.39 is 0 Å². The second-order valence-electron chi connectivity index (χ2n) is 16.0. The third-order valence-electron chi connectivity index (χ3n) is 9.95. The Morgan fingerprint density at radius 2 is 1.65 bits per heavy atom. The van der Waals surface area contributed by atoms with Gasteiger partial charge in [0.2, 0.25) is 0 Å². The largest absolute Gasteiger partial charge is 0.484 e. The summed E-state index contributed by atoms with van der Waals surface area (Å²) in [4.78, 5) is 34.0. The quantitative estimate of drug-likeness (QED) is 0.163. The fourth-order valence-electron chi connectivity index (χ4n) is 7.05. The van der Waals surface area contributed by atoms with Gasteiger partial charge in [-0.2, -0.15) is 0 Å². The maximum absolute atomic E-state index is 13.5. The number of Topliss-reactive ketones (excluding diaryl/α,β-unsaturated/α-hetero) is 1. The van der Waals surface area contributed by atoms with Crippen molar-refractivity contribution in [1.82, 2.24) is 29.8 Å². The molecule has 1 saturated heterocycles. The first-order valence-corrected chi connectivity index (χ1v) is 18.3. The van der Waals surface area contributed by atoms with Gasteiger partial charge in [-0.3, -0.25) is 9.20 Å². The van der Waals surface area contributed by atoms with Crippen LogP contribution in [0.2, 0.25) is 0 Å². The van der Waals surface area contributed by atoms with E-state index in [1.807, 2.05) is 40.9 Å². The Bertz CT molecular complexity index is 1850. The van der Waals surface area contributed by atoms with Gasteiger partial charge < -0.3 is 25.0 Å². The smallest absolute Gasteiger partial charge is 0.319 e. The average Bonchev–Trinajstić information content (AvgIpc) is 3.53. The van der Waals surface area contributed by atoms with Crippen molar-refractivity contribution in [2.24, 2.45) is 0 Å². The Morgan fingerprint density at radius 1 is 0.902 bits per heavy atom. The summed E-state index contributed by atoms with van der Waals surface area (Å²) in [7, 11) is 1.77. The van der Waals surface area contributed by atoms with Gasteiger partial charge >= 0.3 is 6.03 Å². The first-order chi connectivity index (χ1) is 24.3. The number of ketones is 1. The van der Waals surface area contributed by atoms with Crippen LogP contribution in [0.25, 0.3) is 5.65 Å². The highest BCUT2D eigenvalue weighted by Crippen LogP contribution is 2.39. The van der Waals surface area contributed by atoms with Gasteiger partial charge in [-0.05, 0) is 74.0 Å². The maximum Gasteiger partial charge on any atom is 0.319 e. The summed E-state index contributed by atoms with van der Waals surface area (Å²) in [6.07, 6.45) is 6.77. The number of carbonyl (C=O) groups excluding carboxylic acids is 2. The monoisotopic (exact) mass is 695 g/mol. The lowest BCUT2D eigenvalue weighted by Gasteiger charge is -2.32. The van der Waals surface area contributed by atoms with E-state index in [2.05, 4.69) is 79.4 Å². The van der Waals surface area contributed by atoms with Gasteiger partial charge in [-0.25, -0.2) is 9.78 Å². The molecule has 0 bridgehead atoms. The molecule has 0 radical (unpaired) electrons. The van der Waals surface area contributed by atoms with Crippen LogP contribution in [0.4, 0.5) is 10.5 Å². The molecule has 51 heavy (non-hydrogen) atoms. The standard InChI is InChI=1S/C40H53N7O4/c1-39(2,3)35-24-26(23-32(42-35)33(48)13-10-20-46-21-18-27(50-7)19-22-46)41-38(49)43-31-15-16-34(30-12-9-8-11-29(30)31)51-28-14-17-36-44-45-37(40(4,5)6)47(36)25-28/h8-9,11-12,14,17,23-25,27,31,34H,10,13,15-16,18-22H2,1-7H3,(H2,41,42,43,49)/t31-,34+/m0/s1. The van der Waals surface area contributed by atoms with E-state index in [9.17, 15) is 9.59 Å². The fraction of sp³-hybridized carbons (Fsp3) is 0.525. The van der Waals surface area contributed by atoms with Gasteiger partial charge in [0.25, 0.3) is 0 Å². The molecule has 11 heteroatoms. The Kier molecular flexibility index (Phi) is 10.8. The molecule has 2 N–H and O–H groups in total. The van der Waals surface area contributed by atoms with Crippen LogP contribution in [0.1, 0.15) is 125 Å². The van der Waals surface area contributed by atoms with Crippen LogP contribution in [0, 0.1) is 0 Å². The van der Waals surface area contributed by atoms with E-state index in [1.54, 1.807) is 13.2 Å². The first-order valence-electron chi connectivity index (χ1n) is 18.3. The van der Waals surface area contributed by atoms with Crippen LogP contribution in [-0.2, 0) is 15.6 Å². The number of nitrogens with one attached hydrogen (secondary N) is 2. The topological polar surface area (TPSA) is 123 Å². The second-order valence-corrected chi connectivity index (χ2v) is 16.0. The first kappa shape index (κ1) is 36.4. The van der Waals surface area contributed by atoms with E-state index in [-0.39, 0.29) is 34.8 Å². The SMILES string of the molecule is COC1CCN(CCCC(=O)c2cc(NC(=O)N[C@H]3CC[C@@H](Oc4ccc5nnc(C(C)(C)C)n5c4)c4ccccc43)cc(C(C)(C)C)n2)CC1. The number of hydrogen-bond donors (Lipinski definition) is 2. The molecule has 2 aliphatic rings. The van der Waals surface area contributed by atoms with E-state index >= 15 is 0 Å². The lowest BCUT2D eigenvalue weighted by atomic mass is 9.85. The van der Waals surface area contributed by atoms with Crippen LogP contribution >= 0.6 is 0 Å². The number of rotatable bonds is 10. The van der Waals surface area contributed by atoms with Gasteiger partial charge in [-0.15, -0.1) is 10.2 Å². The maximum atomic E-state index is 13.5. The molecular weight excluding hydrogens is 642 g/mol. The zero-order valence-electron chi connectivity index (χ0n) is 31.2. The molecule has 1 fully saturated rings. The summed E-state index contributed by atoms with van der Waals surface area (Å²) < 4.78 is 14.1. The van der Waals surface area contributed by atoms with Crippen molar-refractivity contribution in [2.45, 2.75) is 109 Å². The number of piperidine rings is 1. The minimum atomic E-state index is -0.328.